The Labute approximate surface area is 87.2 Å². The van der Waals surface area contributed by atoms with E-state index in [0.29, 0.717) is 19.7 Å². The summed E-state index contributed by atoms with van der Waals surface area (Å²) in [4.78, 5) is 0. The van der Waals surface area contributed by atoms with Gasteiger partial charge >= 0.3 is 0 Å². The summed E-state index contributed by atoms with van der Waals surface area (Å²) in [5.41, 5.74) is 0. The lowest BCUT2D eigenvalue weighted by atomic mass is 10.1. The van der Waals surface area contributed by atoms with Crippen LogP contribution in [-0.2, 0) is 4.74 Å². The second-order valence-corrected chi connectivity index (χ2v) is 4.55. The third-order valence-electron chi connectivity index (χ3n) is 2.89. The van der Waals surface area contributed by atoms with Gasteiger partial charge in [-0.1, -0.05) is 32.6 Å². The van der Waals surface area contributed by atoms with Crippen LogP contribution >= 0.6 is 0 Å². The molecule has 1 fully saturated rings. The standard InChI is InChI=1S/C11H23NO2/c1-3-4-5-6-7-11-10-12(2,13)8-9-14-11/h11H,3-10H2,1-2H3. The molecule has 0 bridgehead atoms. The average molecular weight is 201 g/mol. The molecule has 0 radical (unpaired) electrons. The van der Waals surface area contributed by atoms with E-state index in [2.05, 4.69) is 6.92 Å². The summed E-state index contributed by atoms with van der Waals surface area (Å²) >= 11 is 0. The lowest BCUT2D eigenvalue weighted by Gasteiger charge is -2.44. The summed E-state index contributed by atoms with van der Waals surface area (Å²) in [7, 11) is 1.75. The van der Waals surface area contributed by atoms with Gasteiger partial charge in [0.25, 0.3) is 0 Å². The van der Waals surface area contributed by atoms with Gasteiger partial charge in [-0.25, -0.2) is 0 Å². The van der Waals surface area contributed by atoms with E-state index in [-0.39, 0.29) is 10.8 Å². The average Bonchev–Trinajstić information content (AvgIpc) is 2.11. The van der Waals surface area contributed by atoms with Gasteiger partial charge < -0.3 is 14.6 Å². The van der Waals surface area contributed by atoms with Crippen LogP contribution in [0.1, 0.15) is 39.0 Å². The zero-order chi connectivity index (χ0) is 10.4. The number of rotatable bonds is 5. The third kappa shape index (κ3) is 4.40. The molecule has 1 heterocycles. The first kappa shape index (κ1) is 12.0. The van der Waals surface area contributed by atoms with E-state index in [1.54, 1.807) is 7.05 Å². The van der Waals surface area contributed by atoms with E-state index in [4.69, 9.17) is 4.74 Å². The normalized spacial score (nSPS) is 33.2. The van der Waals surface area contributed by atoms with Gasteiger partial charge in [0.2, 0.25) is 0 Å². The van der Waals surface area contributed by atoms with Crippen LogP contribution in [0, 0.1) is 5.21 Å². The molecule has 3 heteroatoms. The highest BCUT2D eigenvalue weighted by atomic mass is 16.6. The summed E-state index contributed by atoms with van der Waals surface area (Å²) in [5.74, 6) is 0. The van der Waals surface area contributed by atoms with Crippen molar-refractivity contribution in [2.75, 3.05) is 26.7 Å². The minimum absolute atomic E-state index is 0.113. The Kier molecular flexibility index (Phi) is 4.85. The van der Waals surface area contributed by atoms with Crippen molar-refractivity contribution in [1.29, 1.82) is 0 Å². The second kappa shape index (κ2) is 5.69. The van der Waals surface area contributed by atoms with Crippen LogP contribution in [0.2, 0.25) is 0 Å². The van der Waals surface area contributed by atoms with Gasteiger partial charge in [0.15, 0.2) is 0 Å². The smallest absolute Gasteiger partial charge is 0.107 e. The summed E-state index contributed by atoms with van der Waals surface area (Å²) in [6.07, 6.45) is 6.33. The zero-order valence-electron chi connectivity index (χ0n) is 9.50. The maximum Gasteiger partial charge on any atom is 0.107 e. The van der Waals surface area contributed by atoms with E-state index in [0.717, 1.165) is 6.42 Å². The molecule has 2 atom stereocenters. The predicted molar refractivity (Wildman–Crippen MR) is 57.8 cm³/mol. The number of nitrogens with zero attached hydrogens (tertiary/aromatic N) is 1. The van der Waals surface area contributed by atoms with Crippen molar-refractivity contribution in [2.45, 2.75) is 45.1 Å². The van der Waals surface area contributed by atoms with Gasteiger partial charge in [0.1, 0.15) is 19.2 Å². The summed E-state index contributed by atoms with van der Waals surface area (Å²) < 4.78 is 5.47. The SMILES string of the molecule is CCCCCCC1C[N+](C)([O-])CCO1. The fourth-order valence-electron chi connectivity index (χ4n) is 1.96. The van der Waals surface area contributed by atoms with Crippen molar-refractivity contribution in [1.82, 2.24) is 0 Å². The number of hydrogen-bond donors (Lipinski definition) is 0. The molecule has 2 unspecified atom stereocenters. The van der Waals surface area contributed by atoms with E-state index < -0.39 is 0 Å². The molecule has 0 aromatic rings. The molecule has 14 heavy (non-hydrogen) atoms. The number of unbranched alkanes of at least 4 members (excludes halogenated alkanes) is 3. The Balaban J connectivity index is 2.12. The Morgan fingerprint density at radius 3 is 2.79 bits per heavy atom. The first-order chi connectivity index (χ1) is 6.64. The molecular formula is C11H23NO2. The maximum atomic E-state index is 11.7. The quantitative estimate of drug-likeness (QED) is 0.388. The Bertz CT molecular complexity index is 159. The first-order valence-corrected chi connectivity index (χ1v) is 5.81. The third-order valence-corrected chi connectivity index (χ3v) is 2.89. The lowest BCUT2D eigenvalue weighted by molar-refractivity contribution is -0.873. The van der Waals surface area contributed by atoms with Gasteiger partial charge in [-0.15, -0.1) is 0 Å². The van der Waals surface area contributed by atoms with E-state index in [1.807, 2.05) is 0 Å². The minimum Gasteiger partial charge on any atom is -0.633 e. The van der Waals surface area contributed by atoms with E-state index in [9.17, 15) is 5.21 Å². The fraction of sp³-hybridized carbons (Fsp3) is 1.00. The topological polar surface area (TPSA) is 32.3 Å². The molecule has 0 spiro atoms. The van der Waals surface area contributed by atoms with Gasteiger partial charge in [-0.3, -0.25) is 0 Å². The van der Waals surface area contributed by atoms with Gasteiger partial charge in [-0.2, -0.15) is 0 Å². The number of hydrogen-bond acceptors (Lipinski definition) is 2. The van der Waals surface area contributed by atoms with Gasteiger partial charge in [-0.05, 0) is 6.42 Å². The summed E-state index contributed by atoms with van der Waals surface area (Å²) in [6.45, 7) is 4.11. The first-order valence-electron chi connectivity index (χ1n) is 5.81. The van der Waals surface area contributed by atoms with Crippen LogP contribution in [0.15, 0.2) is 0 Å². The van der Waals surface area contributed by atoms with Crippen molar-refractivity contribution < 1.29 is 9.38 Å². The number of hydroxylamine groups is 3. The molecule has 0 aromatic heterocycles. The largest absolute Gasteiger partial charge is 0.633 e. The van der Waals surface area contributed by atoms with Crippen molar-refractivity contribution in [3.63, 3.8) is 0 Å². The molecule has 1 saturated heterocycles. The van der Waals surface area contributed by atoms with Crippen LogP contribution in [0.25, 0.3) is 0 Å². The van der Waals surface area contributed by atoms with Crippen molar-refractivity contribution in [2.24, 2.45) is 0 Å². The molecule has 0 amide bonds. The van der Waals surface area contributed by atoms with E-state index >= 15 is 0 Å². The Hall–Kier alpha value is -0.120. The zero-order valence-corrected chi connectivity index (χ0v) is 9.50. The van der Waals surface area contributed by atoms with Gasteiger partial charge in [0, 0.05) is 0 Å². The molecule has 84 valence electrons. The van der Waals surface area contributed by atoms with Crippen molar-refractivity contribution in [3.05, 3.63) is 5.21 Å². The number of ether oxygens (including phenoxy) is 1. The summed E-state index contributed by atoms with van der Waals surface area (Å²) in [6, 6.07) is 0. The predicted octanol–water partition coefficient (Wildman–Crippen LogP) is 2.30. The second-order valence-electron chi connectivity index (χ2n) is 4.55. The monoisotopic (exact) mass is 201 g/mol. The van der Waals surface area contributed by atoms with Gasteiger partial charge in [0.05, 0.1) is 13.7 Å². The highest BCUT2D eigenvalue weighted by Crippen LogP contribution is 2.16. The lowest BCUT2D eigenvalue weighted by Crippen LogP contribution is -2.51. The minimum atomic E-state index is -0.113. The van der Waals surface area contributed by atoms with Crippen LogP contribution in [0.4, 0.5) is 0 Å². The van der Waals surface area contributed by atoms with Crippen LogP contribution in [0.3, 0.4) is 0 Å². The van der Waals surface area contributed by atoms with Crippen molar-refractivity contribution in [3.8, 4) is 0 Å². The fourth-order valence-corrected chi connectivity index (χ4v) is 1.96. The number of morpholine rings is 1. The maximum absolute atomic E-state index is 11.7. The van der Waals surface area contributed by atoms with E-state index in [1.165, 1.54) is 25.7 Å². The number of likely N-dealkylation sites (N-methyl/N-ethyl adjacent to an activating group) is 1. The highest BCUT2D eigenvalue weighted by Gasteiger charge is 2.24. The number of quaternary nitrogens is 1. The Morgan fingerprint density at radius 2 is 2.14 bits per heavy atom. The molecule has 0 aromatic carbocycles. The molecule has 1 aliphatic heterocycles. The molecule has 0 aliphatic carbocycles. The highest BCUT2D eigenvalue weighted by molar-refractivity contribution is 4.62. The van der Waals surface area contributed by atoms with Crippen LogP contribution in [-0.4, -0.2) is 37.5 Å². The molecule has 1 aliphatic rings. The summed E-state index contributed by atoms with van der Waals surface area (Å²) in [5, 5.41) is 11.7. The molecular weight excluding hydrogens is 178 g/mol. The van der Waals surface area contributed by atoms with Crippen LogP contribution < -0.4 is 0 Å². The molecule has 0 N–H and O–H groups in total. The Morgan fingerprint density at radius 1 is 1.36 bits per heavy atom. The molecule has 0 saturated carbocycles. The van der Waals surface area contributed by atoms with Crippen molar-refractivity contribution >= 4 is 0 Å². The molecule has 1 rings (SSSR count). The van der Waals surface area contributed by atoms with Crippen LogP contribution in [0.5, 0.6) is 0 Å². The molecule has 3 nitrogen and oxygen atoms in total.